The van der Waals surface area contributed by atoms with Crippen LogP contribution in [0.4, 0.5) is 0 Å². The number of nitrogens with one attached hydrogen (secondary N) is 1. The van der Waals surface area contributed by atoms with Crippen LogP contribution in [0.1, 0.15) is 13.8 Å². The van der Waals surface area contributed by atoms with E-state index in [4.69, 9.17) is 0 Å². The van der Waals surface area contributed by atoms with Crippen molar-refractivity contribution >= 4 is 24.4 Å². The van der Waals surface area contributed by atoms with Gasteiger partial charge in [0.25, 0.3) is 0 Å². The van der Waals surface area contributed by atoms with Crippen molar-refractivity contribution in [2.24, 2.45) is 5.41 Å². The molecule has 12 heavy (non-hydrogen) atoms. The maximum Gasteiger partial charge on any atom is 0.183 e. The van der Waals surface area contributed by atoms with Crippen LogP contribution in [0.15, 0.2) is 11.5 Å². The van der Waals surface area contributed by atoms with E-state index < -0.39 is 0 Å². The highest BCUT2D eigenvalue weighted by molar-refractivity contribution is 7.99. The largest absolute Gasteiger partial charge is 0.254 e. The summed E-state index contributed by atoms with van der Waals surface area (Å²) in [6.45, 7) is 4.37. The zero-order valence-electron chi connectivity index (χ0n) is 7.24. The second-order valence-corrected chi connectivity index (χ2v) is 4.68. The predicted molar refractivity (Wildman–Crippen MR) is 54.7 cm³/mol. The number of thiol groups is 1. The molecular formula is C7H13N3S2. The lowest BCUT2D eigenvalue weighted by Gasteiger charge is -2.19. The van der Waals surface area contributed by atoms with Gasteiger partial charge >= 0.3 is 0 Å². The molecule has 1 aromatic heterocycles. The zero-order valence-corrected chi connectivity index (χ0v) is 8.95. The summed E-state index contributed by atoms with van der Waals surface area (Å²) in [6, 6.07) is 0. The van der Waals surface area contributed by atoms with Crippen LogP contribution in [0.2, 0.25) is 0 Å². The van der Waals surface area contributed by atoms with Crippen LogP contribution in [0, 0.1) is 5.41 Å². The molecule has 0 amide bonds. The van der Waals surface area contributed by atoms with Gasteiger partial charge in [0.1, 0.15) is 6.33 Å². The Morgan fingerprint density at radius 3 is 2.92 bits per heavy atom. The summed E-state index contributed by atoms with van der Waals surface area (Å²) >= 11 is 5.95. The second-order valence-electron chi connectivity index (χ2n) is 3.40. The van der Waals surface area contributed by atoms with Gasteiger partial charge in [0.2, 0.25) is 0 Å². The smallest absolute Gasteiger partial charge is 0.183 e. The van der Waals surface area contributed by atoms with Crippen molar-refractivity contribution in [1.82, 2.24) is 15.2 Å². The standard InChI is InChI=1S/C7H13N3S2/c1-7(2,3-11)4-12-6-8-5-9-10-6/h5,11H,3-4H2,1-2H3,(H,8,9,10). The summed E-state index contributed by atoms with van der Waals surface area (Å²) in [5, 5.41) is 7.46. The van der Waals surface area contributed by atoms with Gasteiger partial charge in [-0.25, -0.2) is 4.98 Å². The Kier molecular flexibility index (Phi) is 3.46. The molecule has 0 aliphatic heterocycles. The molecule has 3 nitrogen and oxygen atoms in total. The first-order valence-corrected chi connectivity index (χ1v) is 5.35. The van der Waals surface area contributed by atoms with Gasteiger partial charge in [0.15, 0.2) is 5.16 Å². The van der Waals surface area contributed by atoms with E-state index in [-0.39, 0.29) is 5.41 Å². The monoisotopic (exact) mass is 203 g/mol. The first-order chi connectivity index (χ1) is 5.64. The van der Waals surface area contributed by atoms with Crippen molar-refractivity contribution in [3.8, 4) is 0 Å². The Hall–Kier alpha value is -0.160. The van der Waals surface area contributed by atoms with E-state index in [1.807, 2.05) is 0 Å². The van der Waals surface area contributed by atoms with Crippen LogP contribution < -0.4 is 0 Å². The van der Waals surface area contributed by atoms with Gasteiger partial charge in [-0.2, -0.15) is 17.7 Å². The quantitative estimate of drug-likeness (QED) is 0.579. The lowest BCUT2D eigenvalue weighted by Crippen LogP contribution is -2.16. The number of hydrogen-bond donors (Lipinski definition) is 2. The average Bonchev–Trinajstić information content (AvgIpc) is 2.53. The maximum atomic E-state index is 4.27. The topological polar surface area (TPSA) is 41.6 Å². The third-order valence-electron chi connectivity index (χ3n) is 1.42. The first kappa shape index (κ1) is 9.92. The Morgan fingerprint density at radius 2 is 2.42 bits per heavy atom. The van der Waals surface area contributed by atoms with E-state index in [1.165, 1.54) is 6.33 Å². The van der Waals surface area contributed by atoms with Gasteiger partial charge in [0.05, 0.1) is 0 Å². The van der Waals surface area contributed by atoms with Crippen LogP contribution >= 0.6 is 24.4 Å². The van der Waals surface area contributed by atoms with Crippen LogP contribution in [0.5, 0.6) is 0 Å². The van der Waals surface area contributed by atoms with Crippen LogP contribution in [0.25, 0.3) is 0 Å². The van der Waals surface area contributed by atoms with Crippen molar-refractivity contribution in [2.45, 2.75) is 19.0 Å². The number of rotatable bonds is 4. The van der Waals surface area contributed by atoms with E-state index >= 15 is 0 Å². The van der Waals surface area contributed by atoms with E-state index in [9.17, 15) is 0 Å². The molecule has 0 aliphatic carbocycles. The highest BCUT2D eigenvalue weighted by atomic mass is 32.2. The molecule has 1 rings (SSSR count). The molecule has 0 fully saturated rings. The normalized spacial score (nSPS) is 11.9. The minimum Gasteiger partial charge on any atom is -0.254 e. The highest BCUT2D eigenvalue weighted by Gasteiger charge is 2.16. The minimum absolute atomic E-state index is 0.251. The summed E-state index contributed by atoms with van der Waals surface area (Å²) in [5.74, 6) is 1.89. The number of hydrogen-bond acceptors (Lipinski definition) is 4. The first-order valence-electron chi connectivity index (χ1n) is 3.73. The van der Waals surface area contributed by atoms with Crippen molar-refractivity contribution in [1.29, 1.82) is 0 Å². The third-order valence-corrected chi connectivity index (χ3v) is 3.67. The van der Waals surface area contributed by atoms with Gasteiger partial charge in [-0.15, -0.1) is 0 Å². The molecule has 0 aromatic carbocycles. The summed E-state index contributed by atoms with van der Waals surface area (Å²) in [4.78, 5) is 4.02. The maximum absolute atomic E-state index is 4.27. The molecule has 0 bridgehead atoms. The van der Waals surface area contributed by atoms with Crippen molar-refractivity contribution in [2.75, 3.05) is 11.5 Å². The van der Waals surface area contributed by atoms with Gasteiger partial charge < -0.3 is 0 Å². The molecule has 1 aromatic rings. The molecular weight excluding hydrogens is 190 g/mol. The predicted octanol–water partition coefficient (Wildman–Crippen LogP) is 1.85. The second kappa shape index (κ2) is 4.18. The Balaban J connectivity index is 2.36. The van der Waals surface area contributed by atoms with Crippen LogP contribution in [0.3, 0.4) is 0 Å². The Labute approximate surface area is 82.2 Å². The average molecular weight is 203 g/mol. The van der Waals surface area contributed by atoms with Crippen LogP contribution in [-0.2, 0) is 0 Å². The van der Waals surface area contributed by atoms with E-state index in [0.717, 1.165) is 16.7 Å². The van der Waals surface area contributed by atoms with Crippen molar-refractivity contribution in [3.05, 3.63) is 6.33 Å². The summed E-state index contributed by atoms with van der Waals surface area (Å²) in [7, 11) is 0. The third kappa shape index (κ3) is 3.06. The fourth-order valence-corrected chi connectivity index (χ4v) is 1.70. The Bertz CT molecular complexity index is 221. The molecule has 0 saturated heterocycles. The number of nitrogens with zero attached hydrogens (tertiary/aromatic N) is 2. The van der Waals surface area contributed by atoms with Crippen molar-refractivity contribution in [3.63, 3.8) is 0 Å². The summed E-state index contributed by atoms with van der Waals surface area (Å²) < 4.78 is 0. The molecule has 0 atom stereocenters. The lowest BCUT2D eigenvalue weighted by molar-refractivity contribution is 0.493. The van der Waals surface area contributed by atoms with Gasteiger partial charge in [-0.05, 0) is 11.2 Å². The zero-order chi connectivity index (χ0) is 9.03. The fraction of sp³-hybridized carbons (Fsp3) is 0.714. The SMILES string of the molecule is CC(C)(CS)CSc1ncn[nH]1. The van der Waals surface area contributed by atoms with E-state index in [2.05, 4.69) is 41.7 Å². The molecule has 68 valence electrons. The number of aromatic amines is 1. The fourth-order valence-electron chi connectivity index (χ4n) is 0.573. The highest BCUT2D eigenvalue weighted by Crippen LogP contribution is 2.25. The lowest BCUT2D eigenvalue weighted by atomic mass is 10.0. The summed E-state index contributed by atoms with van der Waals surface area (Å²) in [6.07, 6.45) is 1.52. The van der Waals surface area contributed by atoms with Crippen molar-refractivity contribution < 1.29 is 0 Å². The molecule has 0 radical (unpaired) electrons. The van der Waals surface area contributed by atoms with Gasteiger partial charge in [-0.1, -0.05) is 25.6 Å². The Morgan fingerprint density at radius 1 is 1.67 bits per heavy atom. The molecule has 0 unspecified atom stereocenters. The van der Waals surface area contributed by atoms with Gasteiger partial charge in [0, 0.05) is 5.75 Å². The molecule has 0 spiro atoms. The van der Waals surface area contributed by atoms with Crippen LogP contribution in [-0.4, -0.2) is 26.7 Å². The molecule has 5 heteroatoms. The number of H-pyrrole nitrogens is 1. The van der Waals surface area contributed by atoms with Gasteiger partial charge in [-0.3, -0.25) is 5.10 Å². The van der Waals surface area contributed by atoms with E-state index in [0.29, 0.717) is 0 Å². The minimum atomic E-state index is 0.251. The number of aromatic nitrogens is 3. The molecule has 0 saturated carbocycles. The molecule has 0 aliphatic rings. The van der Waals surface area contributed by atoms with E-state index in [1.54, 1.807) is 11.8 Å². The molecule has 1 N–H and O–H groups in total. The summed E-state index contributed by atoms with van der Waals surface area (Å²) in [5.41, 5.74) is 0.251. The number of thioether (sulfide) groups is 1. The molecule has 1 heterocycles.